The highest BCUT2D eigenvalue weighted by Gasteiger charge is 2.10. The number of carbonyl (C=O) groups excluding carboxylic acids is 1. The number of hydrogen-bond acceptors (Lipinski definition) is 5. The van der Waals surface area contributed by atoms with Gasteiger partial charge in [0.25, 0.3) is 5.91 Å². The lowest BCUT2D eigenvalue weighted by atomic mass is 10.3. The van der Waals surface area contributed by atoms with Gasteiger partial charge >= 0.3 is 0 Å². The second kappa shape index (κ2) is 6.87. The summed E-state index contributed by atoms with van der Waals surface area (Å²) in [4.78, 5) is 13.6. The molecule has 96 valence electrons. The number of nitrogen functional groups attached to an aromatic ring is 1. The van der Waals surface area contributed by atoms with E-state index in [1.165, 1.54) is 6.20 Å². The summed E-state index contributed by atoms with van der Waals surface area (Å²) in [6.07, 6.45) is 1.40. The molecule has 0 unspecified atom stereocenters. The van der Waals surface area contributed by atoms with Crippen LogP contribution in [0.1, 0.15) is 10.4 Å². The van der Waals surface area contributed by atoms with E-state index >= 15 is 0 Å². The van der Waals surface area contributed by atoms with E-state index in [-0.39, 0.29) is 11.7 Å². The molecule has 0 aliphatic heterocycles. The van der Waals surface area contributed by atoms with Crippen molar-refractivity contribution in [2.24, 2.45) is 0 Å². The third-order valence-electron chi connectivity index (χ3n) is 2.13. The van der Waals surface area contributed by atoms with Crippen molar-refractivity contribution in [1.29, 1.82) is 0 Å². The van der Waals surface area contributed by atoms with Crippen molar-refractivity contribution in [2.75, 3.05) is 46.1 Å². The lowest BCUT2D eigenvalue weighted by Gasteiger charge is -2.10. The van der Waals surface area contributed by atoms with Crippen LogP contribution in [0.4, 0.5) is 5.82 Å². The molecule has 0 atom stereocenters. The zero-order valence-electron chi connectivity index (χ0n) is 10.2. The molecule has 0 saturated heterocycles. The van der Waals surface area contributed by atoms with E-state index in [0.29, 0.717) is 25.3 Å². The van der Waals surface area contributed by atoms with Gasteiger partial charge in [0.15, 0.2) is 0 Å². The van der Waals surface area contributed by atoms with Crippen molar-refractivity contribution in [3.63, 3.8) is 0 Å². The van der Waals surface area contributed by atoms with E-state index in [4.69, 9.17) is 10.5 Å². The maximum absolute atomic E-state index is 11.6. The topological polar surface area (TPSA) is 96.3 Å². The Labute approximate surface area is 100 Å². The predicted octanol–water partition coefficient (Wildman–Crippen LogP) is -0.700. The molecule has 1 rings (SSSR count). The number of aromatic amines is 1. The summed E-state index contributed by atoms with van der Waals surface area (Å²) in [5.41, 5.74) is 5.87. The minimum atomic E-state index is -0.243. The van der Waals surface area contributed by atoms with Gasteiger partial charge in [-0.1, -0.05) is 0 Å². The van der Waals surface area contributed by atoms with E-state index in [9.17, 15) is 4.79 Å². The van der Waals surface area contributed by atoms with Crippen molar-refractivity contribution in [1.82, 2.24) is 20.4 Å². The number of rotatable bonds is 7. The Morgan fingerprint density at radius 3 is 2.94 bits per heavy atom. The molecule has 1 amide bonds. The fourth-order valence-corrected chi connectivity index (χ4v) is 1.16. The van der Waals surface area contributed by atoms with E-state index in [0.717, 1.165) is 6.54 Å². The predicted molar refractivity (Wildman–Crippen MR) is 64.7 cm³/mol. The zero-order valence-corrected chi connectivity index (χ0v) is 10.2. The number of hydrogen-bond donors (Lipinski definition) is 3. The number of nitrogens with zero attached hydrogens (tertiary/aromatic N) is 2. The lowest BCUT2D eigenvalue weighted by molar-refractivity contribution is 0.0901. The Balaban J connectivity index is 2.11. The van der Waals surface area contributed by atoms with Crippen LogP contribution in [-0.2, 0) is 4.74 Å². The molecule has 0 spiro atoms. The van der Waals surface area contributed by atoms with Crippen LogP contribution >= 0.6 is 0 Å². The van der Waals surface area contributed by atoms with Gasteiger partial charge in [-0.3, -0.25) is 9.89 Å². The maximum atomic E-state index is 11.6. The van der Waals surface area contributed by atoms with Gasteiger partial charge in [-0.2, -0.15) is 5.10 Å². The number of likely N-dealkylation sites (N-methyl/N-ethyl adjacent to an activating group) is 1. The standard InChI is InChI=1S/C10H19N5O2/c1-15(2)4-6-17-5-3-12-10(16)8-7-13-14-9(8)11/h7H,3-6H2,1-2H3,(H,12,16)(H3,11,13,14). The fourth-order valence-electron chi connectivity index (χ4n) is 1.16. The highest BCUT2D eigenvalue weighted by atomic mass is 16.5. The average molecular weight is 241 g/mol. The molecule has 0 radical (unpaired) electrons. The first-order valence-corrected chi connectivity index (χ1v) is 5.40. The number of amides is 1. The van der Waals surface area contributed by atoms with E-state index < -0.39 is 0 Å². The summed E-state index contributed by atoms with van der Waals surface area (Å²) >= 11 is 0. The molecule has 1 heterocycles. The third-order valence-corrected chi connectivity index (χ3v) is 2.13. The summed E-state index contributed by atoms with van der Waals surface area (Å²) in [5.74, 6) is 0.0310. The van der Waals surface area contributed by atoms with Gasteiger partial charge in [0, 0.05) is 13.1 Å². The van der Waals surface area contributed by atoms with Crippen molar-refractivity contribution < 1.29 is 9.53 Å². The fraction of sp³-hybridized carbons (Fsp3) is 0.600. The Kier molecular flexibility index (Phi) is 5.44. The van der Waals surface area contributed by atoms with E-state index in [1.54, 1.807) is 0 Å². The molecule has 0 saturated carbocycles. The monoisotopic (exact) mass is 241 g/mol. The Hall–Kier alpha value is -1.60. The van der Waals surface area contributed by atoms with Gasteiger partial charge in [0.1, 0.15) is 11.4 Å². The van der Waals surface area contributed by atoms with Crippen LogP contribution < -0.4 is 11.1 Å². The Morgan fingerprint density at radius 1 is 1.59 bits per heavy atom. The minimum absolute atomic E-state index is 0.243. The van der Waals surface area contributed by atoms with Crippen LogP contribution in [0, 0.1) is 0 Å². The summed E-state index contributed by atoms with van der Waals surface area (Å²) in [5, 5.41) is 8.87. The molecule has 1 aromatic heterocycles. The summed E-state index contributed by atoms with van der Waals surface area (Å²) < 4.78 is 5.33. The van der Waals surface area contributed by atoms with Crippen LogP contribution in [0.5, 0.6) is 0 Å². The Bertz CT molecular complexity index is 350. The van der Waals surface area contributed by atoms with Crippen LogP contribution in [0.2, 0.25) is 0 Å². The number of nitrogens with two attached hydrogens (primary N) is 1. The van der Waals surface area contributed by atoms with Crippen LogP contribution in [0.25, 0.3) is 0 Å². The maximum Gasteiger partial charge on any atom is 0.256 e. The molecule has 7 heteroatoms. The molecule has 0 aliphatic rings. The molecule has 7 nitrogen and oxygen atoms in total. The SMILES string of the molecule is CN(C)CCOCCNC(=O)c1cn[nH]c1N. The molecule has 0 fully saturated rings. The Morgan fingerprint density at radius 2 is 2.35 bits per heavy atom. The second-order valence-electron chi connectivity index (χ2n) is 3.87. The zero-order chi connectivity index (χ0) is 12.7. The van der Waals surface area contributed by atoms with Crippen LogP contribution in [0.15, 0.2) is 6.20 Å². The molecule has 0 aliphatic carbocycles. The normalized spacial score (nSPS) is 10.8. The van der Waals surface area contributed by atoms with Crippen LogP contribution in [-0.4, -0.2) is 61.4 Å². The van der Waals surface area contributed by atoms with Crippen molar-refractivity contribution in [2.45, 2.75) is 0 Å². The second-order valence-corrected chi connectivity index (χ2v) is 3.87. The van der Waals surface area contributed by atoms with Crippen molar-refractivity contribution >= 4 is 11.7 Å². The molecular weight excluding hydrogens is 222 g/mol. The first-order chi connectivity index (χ1) is 8.11. The number of nitrogens with one attached hydrogen (secondary N) is 2. The number of anilines is 1. The van der Waals surface area contributed by atoms with Gasteiger partial charge in [-0.05, 0) is 14.1 Å². The molecule has 17 heavy (non-hydrogen) atoms. The lowest BCUT2D eigenvalue weighted by Crippen LogP contribution is -2.28. The van der Waals surface area contributed by atoms with Gasteiger partial charge < -0.3 is 20.7 Å². The number of carbonyl (C=O) groups is 1. The smallest absolute Gasteiger partial charge is 0.256 e. The van der Waals surface area contributed by atoms with Gasteiger partial charge in [-0.15, -0.1) is 0 Å². The van der Waals surface area contributed by atoms with Crippen molar-refractivity contribution in [3.8, 4) is 0 Å². The number of ether oxygens (including phenoxy) is 1. The van der Waals surface area contributed by atoms with Crippen molar-refractivity contribution in [3.05, 3.63) is 11.8 Å². The summed E-state index contributed by atoms with van der Waals surface area (Å²) in [6, 6.07) is 0. The third kappa shape index (κ3) is 4.83. The molecule has 0 aromatic carbocycles. The number of aromatic nitrogens is 2. The molecule has 4 N–H and O–H groups in total. The van der Waals surface area contributed by atoms with Crippen LogP contribution in [0.3, 0.4) is 0 Å². The van der Waals surface area contributed by atoms with E-state index in [1.807, 2.05) is 19.0 Å². The highest BCUT2D eigenvalue weighted by molar-refractivity contribution is 5.98. The first-order valence-electron chi connectivity index (χ1n) is 5.40. The molecule has 1 aromatic rings. The van der Waals surface area contributed by atoms with Gasteiger partial charge in [0.05, 0.1) is 19.4 Å². The minimum Gasteiger partial charge on any atom is -0.383 e. The van der Waals surface area contributed by atoms with E-state index in [2.05, 4.69) is 15.5 Å². The van der Waals surface area contributed by atoms with Gasteiger partial charge in [-0.25, -0.2) is 0 Å². The number of H-pyrrole nitrogens is 1. The summed E-state index contributed by atoms with van der Waals surface area (Å²) in [7, 11) is 3.96. The summed E-state index contributed by atoms with van der Waals surface area (Å²) in [6.45, 7) is 2.45. The highest BCUT2D eigenvalue weighted by Crippen LogP contribution is 2.04. The quantitative estimate of drug-likeness (QED) is 0.549. The largest absolute Gasteiger partial charge is 0.383 e. The molecule has 0 bridgehead atoms. The van der Waals surface area contributed by atoms with Gasteiger partial charge in [0.2, 0.25) is 0 Å². The first kappa shape index (κ1) is 13.5. The average Bonchev–Trinajstić information content (AvgIpc) is 2.69. The molecular formula is C10H19N5O2.